The van der Waals surface area contributed by atoms with Crippen LogP contribution in [-0.2, 0) is 18.0 Å². The van der Waals surface area contributed by atoms with Gasteiger partial charge in [-0.25, -0.2) is 9.18 Å². The summed E-state index contributed by atoms with van der Waals surface area (Å²) in [5.74, 6) is 0.544. The van der Waals surface area contributed by atoms with Gasteiger partial charge in [-0.2, -0.15) is 0 Å². The average Bonchev–Trinajstić information content (AvgIpc) is 2.96. The molecule has 4 aromatic rings. The van der Waals surface area contributed by atoms with Gasteiger partial charge in [0.05, 0.1) is 19.3 Å². The lowest BCUT2D eigenvalue weighted by molar-refractivity contribution is -0.0409. The Morgan fingerprint density at radius 2 is 1.67 bits per heavy atom. The first-order chi connectivity index (χ1) is 19.0. The predicted octanol–water partition coefficient (Wildman–Crippen LogP) is 7.64. The average molecular weight is 528 g/mol. The Morgan fingerprint density at radius 1 is 0.923 bits per heavy atom. The van der Waals surface area contributed by atoms with Crippen LogP contribution in [0.4, 0.5) is 9.18 Å². The van der Waals surface area contributed by atoms with Crippen LogP contribution in [0.2, 0.25) is 0 Å². The molecule has 3 unspecified atom stereocenters. The largest absolute Gasteiger partial charge is 0.488 e. The van der Waals surface area contributed by atoms with Crippen LogP contribution < -0.4 is 4.74 Å². The Bertz CT molecular complexity index is 1390. The molecule has 1 heterocycles. The highest BCUT2D eigenvalue weighted by Gasteiger charge is 2.39. The first-order valence-corrected chi connectivity index (χ1v) is 13.5. The van der Waals surface area contributed by atoms with Gasteiger partial charge in [0.25, 0.3) is 0 Å². The maximum absolute atomic E-state index is 13.7. The van der Waals surface area contributed by atoms with Crippen molar-refractivity contribution < 1.29 is 23.8 Å². The Kier molecular flexibility index (Phi) is 8.42. The van der Waals surface area contributed by atoms with E-state index in [4.69, 9.17) is 9.47 Å². The lowest BCUT2D eigenvalue weighted by atomic mass is 9.76. The number of fused-ring (bicyclic) bond motifs is 1. The normalized spacial score (nSPS) is 19.2. The van der Waals surface area contributed by atoms with E-state index in [0.29, 0.717) is 19.8 Å². The SMILES string of the molecule is CCCC1CN(C(=O)O)CC(OCc2cc(OCc3ccccc3)c3ccccc3c2)C1c1ccc(F)cc1. The zero-order chi connectivity index (χ0) is 27.2. The van der Waals surface area contributed by atoms with Gasteiger partial charge >= 0.3 is 6.09 Å². The van der Waals surface area contributed by atoms with Crippen molar-refractivity contribution in [2.75, 3.05) is 13.1 Å². The number of carboxylic acid groups (broad SMARTS) is 1. The maximum atomic E-state index is 13.7. The maximum Gasteiger partial charge on any atom is 0.407 e. The Labute approximate surface area is 228 Å². The third kappa shape index (κ3) is 6.40. The quantitative estimate of drug-likeness (QED) is 0.243. The van der Waals surface area contributed by atoms with E-state index in [9.17, 15) is 14.3 Å². The molecule has 0 radical (unpaired) electrons. The number of benzene rings is 4. The second-order valence-corrected chi connectivity index (χ2v) is 10.3. The lowest BCUT2D eigenvalue weighted by Gasteiger charge is -2.43. The highest BCUT2D eigenvalue weighted by atomic mass is 19.1. The first kappa shape index (κ1) is 26.7. The molecular formula is C33H34FNO4. The molecule has 4 aromatic carbocycles. The molecule has 0 bridgehead atoms. The van der Waals surface area contributed by atoms with E-state index in [2.05, 4.69) is 19.1 Å². The summed E-state index contributed by atoms with van der Waals surface area (Å²) in [5, 5.41) is 11.9. The van der Waals surface area contributed by atoms with E-state index in [1.54, 1.807) is 12.1 Å². The predicted molar refractivity (Wildman–Crippen MR) is 150 cm³/mol. The van der Waals surface area contributed by atoms with Gasteiger partial charge in [0.1, 0.15) is 18.2 Å². The molecule has 5 nitrogen and oxygen atoms in total. The third-order valence-electron chi connectivity index (χ3n) is 7.53. The molecule has 1 fully saturated rings. The van der Waals surface area contributed by atoms with Crippen molar-refractivity contribution in [1.29, 1.82) is 0 Å². The number of halogens is 1. The van der Waals surface area contributed by atoms with Gasteiger partial charge in [-0.3, -0.25) is 0 Å². The molecular weight excluding hydrogens is 493 g/mol. The minimum atomic E-state index is -0.940. The van der Waals surface area contributed by atoms with Crippen LogP contribution in [0.1, 0.15) is 42.4 Å². The molecule has 1 saturated heterocycles. The van der Waals surface area contributed by atoms with Gasteiger partial charge in [0.2, 0.25) is 0 Å². The summed E-state index contributed by atoms with van der Waals surface area (Å²) in [6.45, 7) is 3.57. The lowest BCUT2D eigenvalue weighted by Crippen LogP contribution is -2.51. The zero-order valence-electron chi connectivity index (χ0n) is 22.1. The second-order valence-electron chi connectivity index (χ2n) is 10.3. The molecule has 1 N–H and O–H groups in total. The van der Waals surface area contributed by atoms with Gasteiger partial charge in [0.15, 0.2) is 0 Å². The van der Waals surface area contributed by atoms with Gasteiger partial charge in [0, 0.05) is 17.8 Å². The molecule has 6 heteroatoms. The summed E-state index contributed by atoms with van der Waals surface area (Å²) in [4.78, 5) is 13.5. The van der Waals surface area contributed by atoms with Crippen molar-refractivity contribution in [2.45, 2.75) is 45.0 Å². The first-order valence-electron chi connectivity index (χ1n) is 13.5. The molecule has 1 aliphatic rings. The fourth-order valence-electron chi connectivity index (χ4n) is 5.71. The molecule has 5 rings (SSSR count). The highest BCUT2D eigenvalue weighted by Crippen LogP contribution is 2.38. The molecule has 1 amide bonds. The number of hydrogen-bond acceptors (Lipinski definition) is 3. The highest BCUT2D eigenvalue weighted by molar-refractivity contribution is 5.89. The van der Waals surface area contributed by atoms with Gasteiger partial charge in [-0.1, -0.05) is 80.1 Å². The van der Waals surface area contributed by atoms with Crippen molar-refractivity contribution in [2.24, 2.45) is 5.92 Å². The van der Waals surface area contributed by atoms with Gasteiger partial charge in [-0.15, -0.1) is 0 Å². The molecule has 0 spiro atoms. The summed E-state index contributed by atoms with van der Waals surface area (Å²) >= 11 is 0. The van der Waals surface area contributed by atoms with Gasteiger partial charge in [-0.05, 0) is 58.7 Å². The van der Waals surface area contributed by atoms with Crippen LogP contribution in [0.5, 0.6) is 5.75 Å². The van der Waals surface area contributed by atoms with Crippen LogP contribution in [0.15, 0.2) is 91.0 Å². The van der Waals surface area contributed by atoms with E-state index in [1.165, 1.54) is 17.0 Å². The van der Waals surface area contributed by atoms with Crippen LogP contribution >= 0.6 is 0 Å². The van der Waals surface area contributed by atoms with E-state index in [1.807, 2.05) is 54.6 Å². The molecule has 0 saturated carbocycles. The Balaban J connectivity index is 1.41. The Hall–Kier alpha value is -3.90. The molecule has 3 atom stereocenters. The minimum absolute atomic E-state index is 0.0320. The third-order valence-corrected chi connectivity index (χ3v) is 7.53. The number of rotatable bonds is 9. The summed E-state index contributed by atoms with van der Waals surface area (Å²) in [5.41, 5.74) is 3.02. The van der Waals surface area contributed by atoms with Crippen molar-refractivity contribution in [3.63, 3.8) is 0 Å². The van der Waals surface area contributed by atoms with Crippen LogP contribution in [0, 0.1) is 11.7 Å². The number of nitrogens with zero attached hydrogens (tertiary/aromatic N) is 1. The summed E-state index contributed by atoms with van der Waals surface area (Å²) in [6.07, 6.45) is 0.482. The van der Waals surface area contributed by atoms with E-state index >= 15 is 0 Å². The van der Waals surface area contributed by atoms with Crippen molar-refractivity contribution in [3.8, 4) is 5.75 Å². The number of amides is 1. The van der Waals surface area contributed by atoms with E-state index < -0.39 is 6.09 Å². The topological polar surface area (TPSA) is 59.0 Å². The van der Waals surface area contributed by atoms with E-state index in [0.717, 1.165) is 46.1 Å². The minimum Gasteiger partial charge on any atom is -0.488 e. The van der Waals surface area contributed by atoms with Crippen molar-refractivity contribution >= 4 is 16.9 Å². The zero-order valence-corrected chi connectivity index (χ0v) is 22.1. The number of carbonyl (C=O) groups is 1. The monoisotopic (exact) mass is 527 g/mol. The summed E-state index contributed by atoms with van der Waals surface area (Å²) < 4.78 is 26.5. The Morgan fingerprint density at radius 3 is 2.41 bits per heavy atom. The van der Waals surface area contributed by atoms with Crippen LogP contribution in [0.25, 0.3) is 10.8 Å². The number of piperidine rings is 1. The van der Waals surface area contributed by atoms with Crippen LogP contribution in [-0.4, -0.2) is 35.3 Å². The fraction of sp³-hybridized carbons (Fsp3) is 0.303. The fourth-order valence-corrected chi connectivity index (χ4v) is 5.71. The standard InChI is InChI=1S/C33H34FNO4/c1-2-8-27-19-35(33(36)37)20-31(32(27)25-13-15-28(34)16-14-25)39-22-24-17-26-11-6-7-12-29(26)30(18-24)38-21-23-9-4-3-5-10-23/h3-7,9-18,27,31-32H,2,8,19-22H2,1H3,(H,36,37). The van der Waals surface area contributed by atoms with Crippen LogP contribution in [0.3, 0.4) is 0 Å². The summed E-state index contributed by atoms with van der Waals surface area (Å²) in [6, 6.07) is 28.8. The number of ether oxygens (including phenoxy) is 2. The van der Waals surface area contributed by atoms with Crippen molar-refractivity contribution in [1.82, 2.24) is 4.90 Å². The van der Waals surface area contributed by atoms with Crippen molar-refractivity contribution in [3.05, 3.63) is 114 Å². The summed E-state index contributed by atoms with van der Waals surface area (Å²) in [7, 11) is 0. The molecule has 0 aromatic heterocycles. The smallest absolute Gasteiger partial charge is 0.407 e. The number of hydrogen-bond donors (Lipinski definition) is 1. The molecule has 202 valence electrons. The molecule has 39 heavy (non-hydrogen) atoms. The molecule has 0 aliphatic carbocycles. The molecule has 1 aliphatic heterocycles. The second kappa shape index (κ2) is 12.3. The van der Waals surface area contributed by atoms with Gasteiger partial charge < -0.3 is 19.5 Å². The number of likely N-dealkylation sites (tertiary alicyclic amines) is 1. The van der Waals surface area contributed by atoms with E-state index in [-0.39, 0.29) is 30.3 Å².